The lowest BCUT2D eigenvalue weighted by atomic mass is 9.89. The zero-order valence-electron chi connectivity index (χ0n) is 14.8. The molecule has 0 atom stereocenters. The number of amides is 1. The molecule has 0 spiro atoms. The normalized spacial score (nSPS) is 22.1. The van der Waals surface area contributed by atoms with Crippen LogP contribution in [0.3, 0.4) is 0 Å². The zero-order valence-corrected chi connectivity index (χ0v) is 14.8. The van der Waals surface area contributed by atoms with Crippen LogP contribution in [0.4, 0.5) is 4.39 Å². The third-order valence-electron chi connectivity index (χ3n) is 6.03. The molecule has 0 aromatic heterocycles. The molecule has 134 valence electrons. The van der Waals surface area contributed by atoms with Crippen LogP contribution in [0.1, 0.15) is 60.9 Å². The van der Waals surface area contributed by atoms with Gasteiger partial charge in [0.25, 0.3) is 5.91 Å². The molecule has 2 heterocycles. The van der Waals surface area contributed by atoms with E-state index in [0.717, 1.165) is 57.9 Å². The Morgan fingerprint density at radius 3 is 2.36 bits per heavy atom. The summed E-state index contributed by atoms with van der Waals surface area (Å²) in [5.74, 6) is -0.316. The molecule has 1 aliphatic carbocycles. The second kappa shape index (κ2) is 7.28. The first kappa shape index (κ1) is 16.8. The van der Waals surface area contributed by atoms with Crippen molar-refractivity contribution in [3.8, 4) is 0 Å². The number of halogens is 1. The van der Waals surface area contributed by atoms with E-state index < -0.39 is 0 Å². The Hall–Kier alpha value is -1.68. The van der Waals surface area contributed by atoms with E-state index in [4.69, 9.17) is 0 Å². The number of rotatable bonds is 3. The van der Waals surface area contributed by atoms with E-state index in [2.05, 4.69) is 4.90 Å². The predicted octanol–water partition coefficient (Wildman–Crippen LogP) is 4.09. The third kappa shape index (κ3) is 3.64. The van der Waals surface area contributed by atoms with Crippen LogP contribution in [-0.2, 0) is 0 Å². The van der Waals surface area contributed by atoms with Crippen molar-refractivity contribution >= 4 is 12.0 Å². The molecule has 0 N–H and O–H groups in total. The molecule has 0 bridgehead atoms. The maximum absolute atomic E-state index is 14.5. The Bertz CT molecular complexity index is 664. The van der Waals surface area contributed by atoms with Crippen molar-refractivity contribution in [2.75, 3.05) is 26.2 Å². The minimum atomic E-state index is -0.279. The second-order valence-electron chi connectivity index (χ2n) is 7.66. The third-order valence-corrected chi connectivity index (χ3v) is 6.03. The van der Waals surface area contributed by atoms with Gasteiger partial charge in [-0.15, -0.1) is 0 Å². The van der Waals surface area contributed by atoms with Crippen molar-refractivity contribution in [2.45, 2.75) is 51.0 Å². The highest BCUT2D eigenvalue weighted by atomic mass is 19.1. The van der Waals surface area contributed by atoms with Crippen LogP contribution in [0.15, 0.2) is 23.8 Å². The second-order valence-corrected chi connectivity index (χ2v) is 7.66. The Balaban J connectivity index is 1.41. The SMILES string of the molecule is O=C(c1ccc(C=C2CCN(C3CCC3)CC2)c(F)c1)N1CCCC1. The molecule has 1 aromatic rings. The lowest BCUT2D eigenvalue weighted by Gasteiger charge is -2.40. The van der Waals surface area contributed by atoms with Crippen molar-refractivity contribution in [3.05, 3.63) is 40.7 Å². The van der Waals surface area contributed by atoms with E-state index in [9.17, 15) is 9.18 Å². The lowest BCUT2D eigenvalue weighted by molar-refractivity contribution is 0.0792. The molecule has 1 saturated carbocycles. The molecular formula is C21H27FN2O. The average Bonchev–Trinajstić information content (AvgIpc) is 3.10. The van der Waals surface area contributed by atoms with Crippen molar-refractivity contribution in [2.24, 2.45) is 0 Å². The predicted molar refractivity (Wildman–Crippen MR) is 98.0 cm³/mol. The number of nitrogens with zero attached hydrogens (tertiary/aromatic N) is 2. The zero-order chi connectivity index (χ0) is 17.2. The number of piperidine rings is 1. The summed E-state index contributed by atoms with van der Waals surface area (Å²) in [4.78, 5) is 16.8. The van der Waals surface area contributed by atoms with Gasteiger partial charge in [-0.3, -0.25) is 9.69 Å². The first-order valence-electron chi connectivity index (χ1n) is 9.73. The molecule has 1 aromatic carbocycles. The van der Waals surface area contributed by atoms with Gasteiger partial charge in [0.2, 0.25) is 0 Å². The first-order chi connectivity index (χ1) is 12.2. The fourth-order valence-corrected chi connectivity index (χ4v) is 4.17. The maximum atomic E-state index is 14.5. The smallest absolute Gasteiger partial charge is 0.253 e. The van der Waals surface area contributed by atoms with Gasteiger partial charge >= 0.3 is 0 Å². The fourth-order valence-electron chi connectivity index (χ4n) is 4.17. The van der Waals surface area contributed by atoms with Gasteiger partial charge in [-0.1, -0.05) is 24.1 Å². The van der Waals surface area contributed by atoms with Gasteiger partial charge in [-0.2, -0.15) is 0 Å². The number of benzene rings is 1. The highest BCUT2D eigenvalue weighted by Crippen LogP contribution is 2.29. The topological polar surface area (TPSA) is 23.6 Å². The highest BCUT2D eigenvalue weighted by Gasteiger charge is 2.27. The minimum absolute atomic E-state index is 0.0376. The number of carbonyl (C=O) groups is 1. The molecule has 25 heavy (non-hydrogen) atoms. The number of likely N-dealkylation sites (tertiary alicyclic amines) is 2. The summed E-state index contributed by atoms with van der Waals surface area (Å²) in [6, 6.07) is 5.76. The van der Waals surface area contributed by atoms with Gasteiger partial charge < -0.3 is 4.90 Å². The minimum Gasteiger partial charge on any atom is -0.339 e. The van der Waals surface area contributed by atoms with Gasteiger partial charge in [0.15, 0.2) is 0 Å². The van der Waals surface area contributed by atoms with E-state index >= 15 is 0 Å². The van der Waals surface area contributed by atoms with Gasteiger partial charge in [0.05, 0.1) is 0 Å². The van der Waals surface area contributed by atoms with Crippen LogP contribution >= 0.6 is 0 Å². The summed E-state index contributed by atoms with van der Waals surface area (Å²) >= 11 is 0. The Morgan fingerprint density at radius 2 is 1.76 bits per heavy atom. The molecule has 0 unspecified atom stereocenters. The van der Waals surface area contributed by atoms with E-state index in [0.29, 0.717) is 11.1 Å². The largest absolute Gasteiger partial charge is 0.339 e. The number of carbonyl (C=O) groups excluding carboxylic acids is 1. The van der Waals surface area contributed by atoms with Gasteiger partial charge in [-0.25, -0.2) is 4.39 Å². The van der Waals surface area contributed by atoms with Crippen LogP contribution in [0, 0.1) is 5.82 Å². The summed E-state index contributed by atoms with van der Waals surface area (Å²) in [5.41, 5.74) is 2.42. The molecule has 3 nitrogen and oxygen atoms in total. The van der Waals surface area contributed by atoms with Gasteiger partial charge in [-0.05, 0) is 50.7 Å². The molecule has 3 aliphatic rings. The van der Waals surface area contributed by atoms with E-state index in [1.807, 2.05) is 11.0 Å². The molecule has 3 fully saturated rings. The Labute approximate surface area is 149 Å². The molecule has 2 saturated heterocycles. The average molecular weight is 342 g/mol. The van der Waals surface area contributed by atoms with Crippen molar-refractivity contribution in [1.82, 2.24) is 9.80 Å². The molecule has 0 radical (unpaired) electrons. The standard InChI is InChI=1S/C21H27FN2O/c22-20-15-18(21(25)24-10-1-2-11-24)7-6-17(20)14-16-8-12-23(13-9-16)19-4-3-5-19/h6-7,14-15,19H,1-5,8-13H2. The number of hydrogen-bond acceptors (Lipinski definition) is 2. The van der Waals surface area contributed by atoms with Crippen LogP contribution in [0.2, 0.25) is 0 Å². The first-order valence-corrected chi connectivity index (χ1v) is 9.73. The van der Waals surface area contributed by atoms with Crippen molar-refractivity contribution in [3.63, 3.8) is 0 Å². The van der Waals surface area contributed by atoms with Crippen molar-refractivity contribution < 1.29 is 9.18 Å². The number of hydrogen-bond donors (Lipinski definition) is 0. The van der Waals surface area contributed by atoms with Crippen LogP contribution < -0.4 is 0 Å². The van der Waals surface area contributed by atoms with Crippen LogP contribution in [0.25, 0.3) is 6.08 Å². The van der Waals surface area contributed by atoms with Gasteiger partial charge in [0.1, 0.15) is 5.82 Å². The monoisotopic (exact) mass is 342 g/mol. The summed E-state index contributed by atoms with van der Waals surface area (Å²) in [5, 5.41) is 0. The molecular weight excluding hydrogens is 315 g/mol. The summed E-state index contributed by atoms with van der Waals surface area (Å²) in [6.45, 7) is 3.79. The van der Waals surface area contributed by atoms with Crippen LogP contribution in [-0.4, -0.2) is 47.9 Å². The van der Waals surface area contributed by atoms with E-state index in [1.54, 1.807) is 12.1 Å². The quantitative estimate of drug-likeness (QED) is 0.826. The molecule has 1 amide bonds. The highest BCUT2D eigenvalue weighted by molar-refractivity contribution is 5.94. The molecule has 4 rings (SSSR count). The Morgan fingerprint density at radius 1 is 1.04 bits per heavy atom. The van der Waals surface area contributed by atoms with Gasteiger partial charge in [0, 0.05) is 43.3 Å². The van der Waals surface area contributed by atoms with Crippen LogP contribution in [0.5, 0.6) is 0 Å². The Kier molecular flexibility index (Phi) is 4.89. The fraction of sp³-hybridized carbons (Fsp3) is 0.571. The van der Waals surface area contributed by atoms with Crippen molar-refractivity contribution in [1.29, 1.82) is 0 Å². The maximum Gasteiger partial charge on any atom is 0.253 e. The summed E-state index contributed by atoms with van der Waals surface area (Å²) in [7, 11) is 0. The lowest BCUT2D eigenvalue weighted by Crippen LogP contribution is -2.43. The molecule has 4 heteroatoms. The summed E-state index contributed by atoms with van der Waals surface area (Å²) < 4.78 is 14.5. The summed E-state index contributed by atoms with van der Waals surface area (Å²) in [6.07, 6.45) is 10.2. The van der Waals surface area contributed by atoms with E-state index in [-0.39, 0.29) is 11.7 Å². The molecule has 2 aliphatic heterocycles. The van der Waals surface area contributed by atoms with E-state index in [1.165, 1.54) is 30.9 Å².